The van der Waals surface area contributed by atoms with E-state index in [1.807, 2.05) is 35.3 Å². The Kier molecular flexibility index (Phi) is 6.00. The summed E-state index contributed by atoms with van der Waals surface area (Å²) in [5, 5.41) is 12.3. The number of carboxylic acid groups (broad SMARTS) is 1. The van der Waals surface area contributed by atoms with E-state index < -0.39 is 0 Å². The van der Waals surface area contributed by atoms with Gasteiger partial charge in [0.1, 0.15) is 11.3 Å². The molecular formula is C22H23N7O3. The smallest absolute Gasteiger partial charge is 0.290 e. The Bertz CT molecular complexity index is 1300. The van der Waals surface area contributed by atoms with Crippen molar-refractivity contribution in [1.82, 2.24) is 29.2 Å². The Balaban J connectivity index is 0.000000775. The number of ether oxygens (including phenoxy) is 1. The number of pyridine rings is 1. The molecule has 10 nitrogen and oxygen atoms in total. The van der Waals surface area contributed by atoms with Crippen molar-refractivity contribution in [1.29, 1.82) is 0 Å². The minimum atomic E-state index is -0.250. The van der Waals surface area contributed by atoms with Gasteiger partial charge in [-0.2, -0.15) is 5.10 Å². The number of aromatic nitrogens is 5. The van der Waals surface area contributed by atoms with Crippen LogP contribution in [0.4, 0.5) is 5.69 Å². The molecule has 0 aliphatic carbocycles. The number of rotatable bonds is 4. The number of likely N-dealkylation sites (tertiary alicyclic amines) is 1. The highest BCUT2D eigenvalue weighted by Crippen LogP contribution is 2.33. The first-order valence-electron chi connectivity index (χ1n) is 10.1. The van der Waals surface area contributed by atoms with Crippen molar-refractivity contribution in [2.75, 3.05) is 27.2 Å². The van der Waals surface area contributed by atoms with Gasteiger partial charge in [0.15, 0.2) is 11.4 Å². The molecule has 1 aliphatic heterocycles. The van der Waals surface area contributed by atoms with Crippen LogP contribution in [-0.4, -0.2) is 68.0 Å². The molecule has 5 rings (SSSR count). The van der Waals surface area contributed by atoms with Crippen LogP contribution < -0.4 is 4.74 Å². The summed E-state index contributed by atoms with van der Waals surface area (Å²) in [6, 6.07) is 5.97. The Morgan fingerprint density at radius 1 is 1.34 bits per heavy atom. The average molecular weight is 433 g/mol. The molecule has 1 fully saturated rings. The van der Waals surface area contributed by atoms with Crippen molar-refractivity contribution in [2.24, 2.45) is 0 Å². The van der Waals surface area contributed by atoms with E-state index in [4.69, 9.17) is 26.2 Å². The molecule has 3 aromatic heterocycles. The molecular weight excluding hydrogens is 410 g/mol. The number of fused-ring (bicyclic) bond motifs is 3. The van der Waals surface area contributed by atoms with Gasteiger partial charge in [0, 0.05) is 18.0 Å². The quantitative estimate of drug-likeness (QED) is 0.390. The molecule has 1 saturated heterocycles. The third-order valence-corrected chi connectivity index (χ3v) is 5.58. The van der Waals surface area contributed by atoms with Crippen LogP contribution in [0.5, 0.6) is 5.75 Å². The summed E-state index contributed by atoms with van der Waals surface area (Å²) in [6.45, 7) is 9.71. The monoisotopic (exact) mass is 433 g/mol. The number of imidazole rings is 1. The zero-order valence-corrected chi connectivity index (χ0v) is 17.8. The summed E-state index contributed by atoms with van der Waals surface area (Å²) >= 11 is 0. The topological polar surface area (TPSA) is 103 Å². The number of hydrogen-bond donors (Lipinski definition) is 1. The third kappa shape index (κ3) is 3.98. The highest BCUT2D eigenvalue weighted by molar-refractivity contribution is 6.03. The van der Waals surface area contributed by atoms with Gasteiger partial charge in [-0.3, -0.25) is 14.5 Å². The van der Waals surface area contributed by atoms with Crippen LogP contribution in [0.2, 0.25) is 0 Å². The summed E-state index contributed by atoms with van der Waals surface area (Å²) in [7, 11) is 3.78. The second-order valence-electron chi connectivity index (χ2n) is 7.59. The lowest BCUT2D eigenvalue weighted by molar-refractivity contribution is -0.122. The maximum atomic E-state index is 8.36. The predicted octanol–water partition coefficient (Wildman–Crippen LogP) is 2.97. The van der Waals surface area contributed by atoms with Gasteiger partial charge >= 0.3 is 0 Å². The number of methoxy groups -OCH3 is 1. The normalized spacial score (nSPS) is 16.0. The number of nitrogens with zero attached hydrogens (tertiary/aromatic N) is 7. The van der Waals surface area contributed by atoms with E-state index in [-0.39, 0.29) is 6.47 Å². The first-order chi connectivity index (χ1) is 15.6. The number of carbonyl (C=O) groups is 1. The highest BCUT2D eigenvalue weighted by atomic mass is 16.5. The van der Waals surface area contributed by atoms with Crippen molar-refractivity contribution < 1.29 is 14.6 Å². The molecule has 1 aromatic carbocycles. The molecule has 164 valence electrons. The molecule has 0 saturated carbocycles. The van der Waals surface area contributed by atoms with Gasteiger partial charge in [-0.1, -0.05) is 6.07 Å². The first-order valence-corrected chi connectivity index (χ1v) is 10.1. The molecule has 32 heavy (non-hydrogen) atoms. The average Bonchev–Trinajstić information content (AvgIpc) is 3.52. The van der Waals surface area contributed by atoms with Crippen molar-refractivity contribution >= 4 is 34.1 Å². The van der Waals surface area contributed by atoms with Crippen molar-refractivity contribution in [3.63, 3.8) is 0 Å². The maximum absolute atomic E-state index is 8.36. The van der Waals surface area contributed by atoms with Gasteiger partial charge in [-0.25, -0.2) is 9.83 Å². The van der Waals surface area contributed by atoms with Crippen LogP contribution in [0.3, 0.4) is 0 Å². The first kappa shape index (κ1) is 21.3. The molecule has 4 heterocycles. The third-order valence-electron chi connectivity index (χ3n) is 5.58. The second-order valence-corrected chi connectivity index (χ2v) is 7.59. The number of benzene rings is 1. The maximum Gasteiger partial charge on any atom is 0.290 e. The van der Waals surface area contributed by atoms with Crippen LogP contribution in [0.25, 0.3) is 26.8 Å². The van der Waals surface area contributed by atoms with E-state index in [1.54, 1.807) is 13.3 Å². The van der Waals surface area contributed by atoms with Crippen LogP contribution in [-0.2, 0) is 11.3 Å². The molecule has 4 aromatic rings. The van der Waals surface area contributed by atoms with Crippen LogP contribution >= 0.6 is 0 Å². The largest absolute Gasteiger partial charge is 0.493 e. The lowest BCUT2D eigenvalue weighted by Crippen LogP contribution is -2.19. The second kappa shape index (κ2) is 9.03. The highest BCUT2D eigenvalue weighted by Gasteiger charge is 2.27. The Morgan fingerprint density at radius 3 is 2.81 bits per heavy atom. The molecule has 1 aliphatic rings. The molecule has 0 bridgehead atoms. The molecule has 0 radical (unpaired) electrons. The summed E-state index contributed by atoms with van der Waals surface area (Å²) in [4.78, 5) is 23.8. The van der Waals surface area contributed by atoms with Gasteiger partial charge in [0.05, 0.1) is 49.9 Å². The summed E-state index contributed by atoms with van der Waals surface area (Å²) < 4.78 is 9.44. The molecule has 1 N–H and O–H groups in total. The molecule has 0 spiro atoms. The fraction of sp³-hybridized carbons (Fsp3) is 0.318. The van der Waals surface area contributed by atoms with E-state index >= 15 is 0 Å². The van der Waals surface area contributed by atoms with Crippen LogP contribution in [0.15, 0.2) is 36.8 Å². The summed E-state index contributed by atoms with van der Waals surface area (Å²) in [5.41, 5.74) is 3.39. The SMILES string of the molecule is O=CO.[C-]#[N+]c1ccc2ncc3nc(Cn4cc(OC)cn4)n([C@@H]4CCN(C)C4)c3c2c1. The van der Waals surface area contributed by atoms with Crippen LogP contribution in [0.1, 0.15) is 18.3 Å². The van der Waals surface area contributed by atoms with Gasteiger partial charge in [0.2, 0.25) is 0 Å². The van der Waals surface area contributed by atoms with Gasteiger partial charge < -0.3 is 19.3 Å². The number of likely N-dealkylation sites (N-methyl/N-ethyl adjacent to an activating group) is 1. The van der Waals surface area contributed by atoms with Gasteiger partial charge in [-0.05, 0) is 32.1 Å². The van der Waals surface area contributed by atoms with Gasteiger partial charge in [-0.15, -0.1) is 0 Å². The molecule has 0 amide bonds. The molecule has 0 unspecified atom stereocenters. The van der Waals surface area contributed by atoms with E-state index in [2.05, 4.69) is 31.4 Å². The molecule has 1 atom stereocenters. The van der Waals surface area contributed by atoms with E-state index in [0.29, 0.717) is 18.3 Å². The fourth-order valence-electron chi connectivity index (χ4n) is 4.19. The Labute approximate surface area is 184 Å². The van der Waals surface area contributed by atoms with Crippen molar-refractivity contribution in [2.45, 2.75) is 19.0 Å². The summed E-state index contributed by atoms with van der Waals surface area (Å²) in [6.07, 6.45) is 6.47. The summed E-state index contributed by atoms with van der Waals surface area (Å²) in [5.74, 6) is 1.66. The van der Waals surface area contributed by atoms with Crippen LogP contribution in [0, 0.1) is 6.57 Å². The van der Waals surface area contributed by atoms with E-state index in [1.165, 1.54) is 0 Å². The Hall–Kier alpha value is -3.97. The fourth-order valence-corrected chi connectivity index (χ4v) is 4.19. The Morgan fingerprint density at radius 2 is 2.16 bits per heavy atom. The van der Waals surface area contributed by atoms with E-state index in [9.17, 15) is 0 Å². The number of hydrogen-bond acceptors (Lipinski definition) is 6. The van der Waals surface area contributed by atoms with Crippen molar-refractivity contribution in [3.05, 3.63) is 54.0 Å². The van der Waals surface area contributed by atoms with E-state index in [0.717, 1.165) is 53.0 Å². The minimum Gasteiger partial charge on any atom is -0.493 e. The minimum absolute atomic E-state index is 0.250. The zero-order chi connectivity index (χ0) is 22.7. The van der Waals surface area contributed by atoms with Gasteiger partial charge in [0.25, 0.3) is 6.47 Å². The predicted molar refractivity (Wildman–Crippen MR) is 119 cm³/mol. The zero-order valence-electron chi connectivity index (χ0n) is 17.8. The lowest BCUT2D eigenvalue weighted by Gasteiger charge is -2.18. The standard InChI is InChI=1S/C21H21N7O.CH2O2/c1-22-14-4-5-18-17(8-14)21-19(10-23-18)25-20(13-27-12-16(29-3)9-24-27)28(21)15-6-7-26(2)11-15;2-1-3/h4-5,8-10,12,15H,6-7,11,13H2,2-3H3;1H,(H,2,3)/t15-;/m1./s1. The van der Waals surface area contributed by atoms with Crippen molar-refractivity contribution in [3.8, 4) is 5.75 Å². The lowest BCUT2D eigenvalue weighted by atomic mass is 10.1. The molecule has 10 heteroatoms.